The van der Waals surface area contributed by atoms with Gasteiger partial charge in [0.05, 0.1) is 11.1 Å². The molecule has 0 spiro atoms. The summed E-state index contributed by atoms with van der Waals surface area (Å²) in [4.78, 5) is 13.8. The number of rotatable bonds is 4. The van der Waals surface area contributed by atoms with Crippen molar-refractivity contribution in [2.45, 2.75) is 43.4 Å². The second kappa shape index (κ2) is 7.16. The molecule has 2 aliphatic rings. The normalized spacial score (nSPS) is 23.2. The van der Waals surface area contributed by atoms with Crippen LogP contribution in [0.4, 0.5) is 11.4 Å². The summed E-state index contributed by atoms with van der Waals surface area (Å²) in [5.41, 5.74) is 6.95. The van der Waals surface area contributed by atoms with Crippen molar-refractivity contribution < 1.29 is 19.0 Å². The maximum Gasteiger partial charge on any atom is 0.180 e. The first-order valence-corrected chi connectivity index (χ1v) is 11.3. The van der Waals surface area contributed by atoms with E-state index in [-0.39, 0.29) is 27.8 Å². The number of benzene rings is 2. The number of aliphatic hydroxyl groups excluding tert-OH is 1. The van der Waals surface area contributed by atoms with Gasteiger partial charge in [-0.25, -0.2) is 0 Å². The molecule has 0 aromatic heterocycles. The zero-order valence-corrected chi connectivity index (χ0v) is 17.7. The minimum atomic E-state index is -3.59. The Kier molecular flexibility index (Phi) is 4.88. The van der Waals surface area contributed by atoms with E-state index < -0.39 is 16.2 Å². The minimum Gasteiger partial charge on any atom is -0.506 e. The monoisotopic (exact) mass is 427 g/mol. The van der Waals surface area contributed by atoms with Gasteiger partial charge >= 0.3 is 0 Å². The van der Waals surface area contributed by atoms with Crippen LogP contribution in [-0.4, -0.2) is 25.8 Å². The molecule has 2 aromatic carbocycles. The topological polar surface area (TPSA) is 128 Å². The number of amidine groups is 1. The number of ketones is 1. The highest BCUT2D eigenvalue weighted by Gasteiger charge is 2.46. The minimum absolute atomic E-state index is 0.0326. The zero-order chi connectivity index (χ0) is 21.7. The molecule has 0 radical (unpaired) electrons. The van der Waals surface area contributed by atoms with Gasteiger partial charge in [-0.15, -0.1) is 4.40 Å². The molecule has 0 saturated heterocycles. The lowest BCUT2D eigenvalue weighted by Crippen LogP contribution is -2.42. The molecular weight excluding hydrogens is 402 g/mol. The van der Waals surface area contributed by atoms with Crippen LogP contribution in [0.15, 0.2) is 57.3 Å². The number of unbranched alkanes of at least 4 members (excludes halogenated alkanes) is 1. The molecule has 1 heterocycles. The van der Waals surface area contributed by atoms with E-state index in [4.69, 9.17) is 5.73 Å². The number of nitrogen functional groups attached to an aromatic ring is 1. The molecule has 1 atom stereocenters. The maximum atomic E-state index is 13.7. The Labute approximate surface area is 176 Å². The van der Waals surface area contributed by atoms with Gasteiger partial charge in [0.25, 0.3) is 0 Å². The summed E-state index contributed by atoms with van der Waals surface area (Å²) < 4.78 is 25.3. The standard InChI is InChI=1S/C22H25N3O4S/c1-3-4-11-22(2)15-8-6-5-7-14(15)19(26)18(20(22)27)21-24-16-10-9-13(23)12-17(16)30(28,29)25-21/h5-10,12,26,28-29H,3-4,11,23H2,1-2H3,(H,24,25). The van der Waals surface area contributed by atoms with Gasteiger partial charge < -0.3 is 16.2 Å². The molecule has 0 amide bonds. The fourth-order valence-corrected chi connectivity index (χ4v) is 5.31. The summed E-state index contributed by atoms with van der Waals surface area (Å²) in [7, 11) is -3.59. The SMILES string of the molecule is CCCCC1(C)C(=O)C(C2=NS(O)(O)c3cc(N)ccc3N2)=C(O)c2ccccc21. The molecule has 0 bridgehead atoms. The van der Waals surface area contributed by atoms with E-state index in [1.54, 1.807) is 24.3 Å². The first-order valence-electron chi connectivity index (χ1n) is 9.82. The van der Waals surface area contributed by atoms with Gasteiger partial charge in [0.15, 0.2) is 11.6 Å². The second-order valence-corrected chi connectivity index (χ2v) is 9.53. The third-order valence-electron chi connectivity index (χ3n) is 5.78. The molecule has 7 nitrogen and oxygen atoms in total. The fourth-order valence-electron chi connectivity index (χ4n) is 4.11. The van der Waals surface area contributed by atoms with Crippen LogP contribution in [0.3, 0.4) is 0 Å². The quantitative estimate of drug-likeness (QED) is 0.431. The molecule has 0 saturated carbocycles. The van der Waals surface area contributed by atoms with Gasteiger partial charge in [-0.1, -0.05) is 54.8 Å². The summed E-state index contributed by atoms with van der Waals surface area (Å²) in [5.74, 6) is -0.565. The smallest absolute Gasteiger partial charge is 0.180 e. The number of carbonyl (C=O) groups is 1. The summed E-state index contributed by atoms with van der Waals surface area (Å²) in [6, 6.07) is 11.9. The van der Waals surface area contributed by atoms with Crippen molar-refractivity contribution in [1.82, 2.24) is 0 Å². The third-order valence-corrected chi connectivity index (χ3v) is 7.15. The Morgan fingerprint density at radius 3 is 2.67 bits per heavy atom. The number of fused-ring (bicyclic) bond motifs is 2. The van der Waals surface area contributed by atoms with Gasteiger partial charge in [0.1, 0.15) is 16.2 Å². The summed E-state index contributed by atoms with van der Waals surface area (Å²) in [6.07, 6.45) is 2.36. The van der Waals surface area contributed by atoms with Crippen molar-refractivity contribution >= 4 is 39.5 Å². The Morgan fingerprint density at radius 1 is 1.20 bits per heavy atom. The van der Waals surface area contributed by atoms with Crippen molar-refractivity contribution in [3.05, 3.63) is 59.2 Å². The van der Waals surface area contributed by atoms with E-state index in [1.807, 2.05) is 19.1 Å². The number of anilines is 2. The van der Waals surface area contributed by atoms with Crippen LogP contribution in [0.25, 0.3) is 5.76 Å². The summed E-state index contributed by atoms with van der Waals surface area (Å²) in [5, 5.41) is 14.0. The summed E-state index contributed by atoms with van der Waals surface area (Å²) >= 11 is 0. The molecule has 4 rings (SSSR count). The van der Waals surface area contributed by atoms with E-state index in [1.165, 1.54) is 6.07 Å². The van der Waals surface area contributed by atoms with E-state index in [9.17, 15) is 19.0 Å². The second-order valence-electron chi connectivity index (χ2n) is 7.87. The molecule has 1 aliphatic heterocycles. The van der Waals surface area contributed by atoms with Crippen molar-refractivity contribution in [3.8, 4) is 0 Å². The van der Waals surface area contributed by atoms with Crippen LogP contribution in [0.2, 0.25) is 0 Å². The van der Waals surface area contributed by atoms with Gasteiger partial charge in [-0.2, -0.15) is 0 Å². The predicted octanol–water partition coefficient (Wildman–Crippen LogP) is 5.12. The number of nitrogens with one attached hydrogen (secondary N) is 1. The van der Waals surface area contributed by atoms with Crippen LogP contribution in [0.1, 0.15) is 44.2 Å². The number of aliphatic hydroxyl groups is 1. The molecule has 158 valence electrons. The lowest BCUT2D eigenvalue weighted by atomic mass is 9.67. The molecule has 1 aliphatic carbocycles. The van der Waals surface area contributed by atoms with Crippen LogP contribution < -0.4 is 11.1 Å². The van der Waals surface area contributed by atoms with Crippen molar-refractivity contribution in [2.24, 2.45) is 4.40 Å². The van der Waals surface area contributed by atoms with Crippen molar-refractivity contribution in [2.75, 3.05) is 11.1 Å². The third kappa shape index (κ3) is 3.08. The lowest BCUT2D eigenvalue weighted by Gasteiger charge is -2.38. The van der Waals surface area contributed by atoms with Gasteiger partial charge in [0.2, 0.25) is 0 Å². The Balaban J connectivity index is 1.89. The van der Waals surface area contributed by atoms with Crippen LogP contribution >= 0.6 is 10.8 Å². The Hall–Kier alpha value is -2.81. The molecule has 6 N–H and O–H groups in total. The number of hydrogen-bond donors (Lipinski definition) is 5. The highest BCUT2D eigenvalue weighted by Crippen LogP contribution is 2.56. The molecular formula is C22H25N3O4S. The number of nitrogens with two attached hydrogens (primary N) is 1. The molecule has 0 fully saturated rings. The Morgan fingerprint density at radius 2 is 1.93 bits per heavy atom. The highest BCUT2D eigenvalue weighted by molar-refractivity contribution is 8.23. The van der Waals surface area contributed by atoms with Crippen LogP contribution in [-0.2, 0) is 10.2 Å². The molecule has 1 unspecified atom stereocenters. The molecule has 30 heavy (non-hydrogen) atoms. The van der Waals surface area contributed by atoms with Crippen molar-refractivity contribution in [1.29, 1.82) is 0 Å². The van der Waals surface area contributed by atoms with Gasteiger partial charge in [-0.05, 0) is 37.1 Å². The average Bonchev–Trinajstić information content (AvgIpc) is 2.71. The largest absolute Gasteiger partial charge is 0.506 e. The van der Waals surface area contributed by atoms with Gasteiger partial charge in [0, 0.05) is 11.3 Å². The highest BCUT2D eigenvalue weighted by atomic mass is 32.3. The van der Waals surface area contributed by atoms with E-state index in [0.717, 1.165) is 18.4 Å². The number of Topliss-reactive ketones (excluding diaryl/α,β-unsaturated/α-hetero) is 1. The number of carbonyl (C=O) groups excluding carboxylic acids is 1. The fraction of sp³-hybridized carbons (Fsp3) is 0.273. The maximum absolute atomic E-state index is 13.7. The summed E-state index contributed by atoms with van der Waals surface area (Å²) in [6.45, 7) is 3.92. The van der Waals surface area contributed by atoms with E-state index in [2.05, 4.69) is 16.6 Å². The van der Waals surface area contributed by atoms with E-state index in [0.29, 0.717) is 23.4 Å². The molecule has 2 aromatic rings. The average molecular weight is 428 g/mol. The van der Waals surface area contributed by atoms with Gasteiger partial charge in [-0.3, -0.25) is 13.9 Å². The predicted molar refractivity (Wildman–Crippen MR) is 121 cm³/mol. The first kappa shape index (κ1) is 20.5. The lowest BCUT2D eigenvalue weighted by molar-refractivity contribution is -0.120. The molecule has 8 heteroatoms. The van der Waals surface area contributed by atoms with E-state index >= 15 is 0 Å². The van der Waals surface area contributed by atoms with Crippen LogP contribution in [0.5, 0.6) is 0 Å². The zero-order valence-electron chi connectivity index (χ0n) is 16.8. The number of hydrogen-bond acceptors (Lipinski definition) is 7. The Bertz CT molecular complexity index is 1110. The first-order chi connectivity index (χ1) is 14.2. The van der Waals surface area contributed by atoms with Crippen LogP contribution in [0, 0.1) is 0 Å². The van der Waals surface area contributed by atoms with Crippen molar-refractivity contribution in [3.63, 3.8) is 0 Å². The number of nitrogens with zero attached hydrogens (tertiary/aromatic N) is 1.